The second-order valence-corrected chi connectivity index (χ2v) is 6.93. The number of halogens is 3. The highest BCUT2D eigenvalue weighted by atomic mass is 19.2. The summed E-state index contributed by atoms with van der Waals surface area (Å²) in [5.41, 5.74) is 1.24. The third-order valence-electron chi connectivity index (χ3n) is 5.07. The summed E-state index contributed by atoms with van der Waals surface area (Å²) in [5.74, 6) is -2.94. The normalized spacial score (nSPS) is 13.6. The number of hydrogen-bond donors (Lipinski definition) is 1. The molecule has 4 rings (SSSR count). The summed E-state index contributed by atoms with van der Waals surface area (Å²) in [5, 5.41) is -0.0487. The average molecular weight is 411 g/mol. The molecular weight excluding hydrogens is 395 g/mol. The molecular formula is C22H16F3N3O2. The van der Waals surface area contributed by atoms with E-state index in [-0.39, 0.29) is 40.9 Å². The average Bonchev–Trinajstić information content (AvgIpc) is 2.73. The quantitative estimate of drug-likeness (QED) is 0.716. The molecule has 0 unspecified atom stereocenters. The van der Waals surface area contributed by atoms with Gasteiger partial charge in [0.15, 0.2) is 11.6 Å². The van der Waals surface area contributed by atoms with Crippen LogP contribution in [0.5, 0.6) is 0 Å². The zero-order valence-corrected chi connectivity index (χ0v) is 15.9. The molecule has 1 amide bonds. The van der Waals surface area contributed by atoms with Crippen LogP contribution in [0.25, 0.3) is 16.5 Å². The third-order valence-corrected chi connectivity index (χ3v) is 5.07. The molecule has 30 heavy (non-hydrogen) atoms. The first-order valence-electron chi connectivity index (χ1n) is 9.13. The number of carbonyl (C=O) groups excluding carboxylic acids is 1. The summed E-state index contributed by atoms with van der Waals surface area (Å²) in [6, 6.07) is 3.56. The Kier molecular flexibility index (Phi) is 4.99. The standard InChI is InChI=1S/C22H16F3N3O2/c1-12-16(22(30)27-18-3-2-17(24)21(25)20(12)18)9-19(29)28-6-4-13(5-7-28)14-8-15(23)11-26-10-14/h2-6,8,10-11H,7,9H2,1H3,(H,27,30). The summed E-state index contributed by atoms with van der Waals surface area (Å²) in [4.78, 5) is 32.8. The van der Waals surface area contributed by atoms with Gasteiger partial charge < -0.3 is 9.88 Å². The van der Waals surface area contributed by atoms with E-state index in [1.54, 1.807) is 12.2 Å². The largest absolute Gasteiger partial charge is 0.322 e. The molecule has 0 fully saturated rings. The van der Waals surface area contributed by atoms with Gasteiger partial charge in [-0.15, -0.1) is 0 Å². The van der Waals surface area contributed by atoms with Gasteiger partial charge in [-0.2, -0.15) is 0 Å². The van der Waals surface area contributed by atoms with Crippen LogP contribution in [0.15, 0.2) is 53.7 Å². The predicted octanol–water partition coefficient (Wildman–Crippen LogP) is 3.63. The number of hydrogen-bond acceptors (Lipinski definition) is 3. The van der Waals surface area contributed by atoms with Crippen molar-refractivity contribution in [3.63, 3.8) is 0 Å². The molecule has 8 heteroatoms. The Bertz CT molecular complexity index is 1290. The Morgan fingerprint density at radius 2 is 2.03 bits per heavy atom. The van der Waals surface area contributed by atoms with E-state index in [0.29, 0.717) is 11.1 Å². The molecule has 0 spiro atoms. The summed E-state index contributed by atoms with van der Waals surface area (Å²) in [7, 11) is 0. The first-order valence-corrected chi connectivity index (χ1v) is 9.13. The van der Waals surface area contributed by atoms with Crippen LogP contribution in [0.2, 0.25) is 0 Å². The van der Waals surface area contributed by atoms with Crippen LogP contribution in [0.1, 0.15) is 16.7 Å². The van der Waals surface area contributed by atoms with Gasteiger partial charge in [-0.05, 0) is 42.3 Å². The lowest BCUT2D eigenvalue weighted by molar-refractivity contribution is -0.127. The molecule has 5 nitrogen and oxygen atoms in total. The number of allylic oxidation sites excluding steroid dienone is 2. The first kappa shape index (κ1) is 19.6. The Morgan fingerprint density at radius 3 is 2.73 bits per heavy atom. The van der Waals surface area contributed by atoms with E-state index in [0.717, 1.165) is 12.3 Å². The smallest absolute Gasteiger partial charge is 0.252 e. The Morgan fingerprint density at radius 1 is 1.23 bits per heavy atom. The molecule has 1 N–H and O–H groups in total. The molecule has 0 atom stereocenters. The number of rotatable bonds is 3. The van der Waals surface area contributed by atoms with Crippen molar-refractivity contribution in [2.45, 2.75) is 13.3 Å². The first-order chi connectivity index (χ1) is 14.3. The van der Waals surface area contributed by atoms with Crippen molar-refractivity contribution in [3.05, 3.63) is 93.4 Å². The highest BCUT2D eigenvalue weighted by molar-refractivity contribution is 5.87. The Balaban J connectivity index is 1.58. The fourth-order valence-corrected chi connectivity index (χ4v) is 3.47. The number of carbonyl (C=O) groups is 1. The minimum Gasteiger partial charge on any atom is -0.322 e. The third kappa shape index (κ3) is 3.52. The molecule has 0 radical (unpaired) electrons. The molecule has 152 valence electrons. The van der Waals surface area contributed by atoms with Crippen molar-refractivity contribution in [2.24, 2.45) is 0 Å². The lowest BCUT2D eigenvalue weighted by atomic mass is 10.0. The van der Waals surface area contributed by atoms with Crippen LogP contribution in [-0.4, -0.2) is 27.3 Å². The number of fused-ring (bicyclic) bond motifs is 1. The summed E-state index contributed by atoms with van der Waals surface area (Å²) in [6.07, 6.45) is 7.26. The van der Waals surface area contributed by atoms with Crippen LogP contribution in [-0.2, 0) is 11.2 Å². The number of amides is 1. The van der Waals surface area contributed by atoms with Crippen molar-refractivity contribution >= 4 is 22.4 Å². The van der Waals surface area contributed by atoms with Gasteiger partial charge in [0.1, 0.15) is 5.82 Å². The van der Waals surface area contributed by atoms with Crippen LogP contribution < -0.4 is 5.56 Å². The number of aromatic nitrogens is 2. The minimum absolute atomic E-state index is 0.0487. The number of aromatic amines is 1. The van der Waals surface area contributed by atoms with Gasteiger partial charge in [0.2, 0.25) is 5.91 Å². The Hall–Kier alpha value is -3.68. The van der Waals surface area contributed by atoms with Crippen molar-refractivity contribution in [2.75, 3.05) is 6.54 Å². The van der Waals surface area contributed by atoms with E-state index >= 15 is 0 Å². The molecule has 3 heterocycles. The van der Waals surface area contributed by atoms with Gasteiger partial charge in [0, 0.05) is 35.5 Å². The van der Waals surface area contributed by atoms with Gasteiger partial charge in [-0.3, -0.25) is 14.6 Å². The van der Waals surface area contributed by atoms with Crippen LogP contribution in [0.4, 0.5) is 13.2 Å². The molecule has 0 saturated carbocycles. The summed E-state index contributed by atoms with van der Waals surface area (Å²) >= 11 is 0. The highest BCUT2D eigenvalue weighted by Gasteiger charge is 2.20. The van der Waals surface area contributed by atoms with Gasteiger partial charge in [0.05, 0.1) is 18.1 Å². The highest BCUT2D eigenvalue weighted by Crippen LogP contribution is 2.24. The van der Waals surface area contributed by atoms with E-state index in [4.69, 9.17) is 0 Å². The maximum Gasteiger partial charge on any atom is 0.252 e. The van der Waals surface area contributed by atoms with E-state index in [9.17, 15) is 22.8 Å². The second-order valence-electron chi connectivity index (χ2n) is 6.93. The van der Waals surface area contributed by atoms with E-state index < -0.39 is 23.0 Å². The molecule has 0 aliphatic carbocycles. The van der Waals surface area contributed by atoms with Crippen molar-refractivity contribution in [3.8, 4) is 0 Å². The lowest BCUT2D eigenvalue weighted by Crippen LogP contribution is -2.31. The fourth-order valence-electron chi connectivity index (χ4n) is 3.47. The maximum atomic E-state index is 14.3. The monoisotopic (exact) mass is 411 g/mol. The maximum absolute atomic E-state index is 14.3. The number of nitrogens with zero attached hydrogens (tertiary/aromatic N) is 2. The van der Waals surface area contributed by atoms with E-state index in [2.05, 4.69) is 9.97 Å². The molecule has 1 aromatic carbocycles. The number of H-pyrrole nitrogens is 1. The molecule has 0 saturated heterocycles. The van der Waals surface area contributed by atoms with Crippen LogP contribution in [0, 0.1) is 24.4 Å². The Labute approximate surface area is 169 Å². The molecule has 2 aromatic heterocycles. The zero-order chi connectivity index (χ0) is 21.4. The van der Waals surface area contributed by atoms with Gasteiger partial charge in [0.25, 0.3) is 5.56 Å². The second kappa shape index (κ2) is 7.62. The molecule has 3 aromatic rings. The number of pyridine rings is 2. The van der Waals surface area contributed by atoms with Gasteiger partial charge in [-0.25, -0.2) is 13.2 Å². The minimum atomic E-state index is -1.07. The topological polar surface area (TPSA) is 66.1 Å². The fraction of sp³-hybridized carbons (Fsp3) is 0.136. The SMILES string of the molecule is Cc1c(CC(=O)N2C=CC(c3cncc(F)c3)=CC2)c(=O)[nH]c2ccc(F)c(F)c12. The number of benzene rings is 1. The zero-order valence-electron chi connectivity index (χ0n) is 15.9. The molecule has 1 aliphatic heterocycles. The van der Waals surface area contributed by atoms with Gasteiger partial charge in [-0.1, -0.05) is 6.08 Å². The van der Waals surface area contributed by atoms with Crippen molar-refractivity contribution in [1.82, 2.24) is 14.9 Å². The summed E-state index contributed by atoms with van der Waals surface area (Å²) in [6.45, 7) is 1.71. The lowest BCUT2D eigenvalue weighted by Gasteiger charge is -2.21. The molecule has 0 bridgehead atoms. The number of nitrogens with one attached hydrogen (secondary N) is 1. The van der Waals surface area contributed by atoms with Crippen LogP contribution >= 0.6 is 0 Å². The molecule has 1 aliphatic rings. The van der Waals surface area contributed by atoms with Crippen LogP contribution in [0.3, 0.4) is 0 Å². The van der Waals surface area contributed by atoms with Crippen molar-refractivity contribution < 1.29 is 18.0 Å². The van der Waals surface area contributed by atoms with E-state index in [1.807, 2.05) is 0 Å². The van der Waals surface area contributed by atoms with Gasteiger partial charge >= 0.3 is 0 Å². The predicted molar refractivity (Wildman–Crippen MR) is 106 cm³/mol. The van der Waals surface area contributed by atoms with Crippen molar-refractivity contribution in [1.29, 1.82) is 0 Å². The van der Waals surface area contributed by atoms with E-state index in [1.165, 1.54) is 36.4 Å². The summed E-state index contributed by atoms with van der Waals surface area (Å²) < 4.78 is 41.2. The number of aryl methyl sites for hydroxylation is 1.